The number of rotatable bonds is 5. The maximum atomic E-state index is 11.2. The Labute approximate surface area is 94.8 Å². The van der Waals surface area contributed by atoms with Crippen LogP contribution in [0.15, 0.2) is 24.3 Å². The van der Waals surface area contributed by atoms with Crippen LogP contribution in [0.5, 0.6) is 0 Å². The molecule has 0 heterocycles. The molecule has 4 heteroatoms. The first-order valence-corrected chi connectivity index (χ1v) is 5.09. The van der Waals surface area contributed by atoms with Gasteiger partial charge in [0, 0.05) is 13.2 Å². The molecule has 0 aliphatic rings. The third-order valence-electron chi connectivity index (χ3n) is 2.01. The van der Waals surface area contributed by atoms with Gasteiger partial charge >= 0.3 is 0 Å². The van der Waals surface area contributed by atoms with Gasteiger partial charge in [0.25, 0.3) is 0 Å². The lowest BCUT2D eigenvalue weighted by molar-refractivity contribution is -0.125. The fourth-order valence-electron chi connectivity index (χ4n) is 1.14. The van der Waals surface area contributed by atoms with Crippen LogP contribution in [0.4, 0.5) is 0 Å². The van der Waals surface area contributed by atoms with Gasteiger partial charge in [-0.25, -0.2) is 0 Å². The van der Waals surface area contributed by atoms with Crippen molar-refractivity contribution in [3.8, 4) is 6.07 Å². The second-order valence-electron chi connectivity index (χ2n) is 3.22. The zero-order valence-corrected chi connectivity index (χ0v) is 9.19. The number of hydrogen-bond acceptors (Lipinski definition) is 3. The molecule has 0 aromatic heterocycles. The average molecular weight is 218 g/mol. The molecular weight excluding hydrogens is 204 g/mol. The quantitative estimate of drug-likeness (QED) is 0.808. The Balaban J connectivity index is 2.37. The second-order valence-corrected chi connectivity index (χ2v) is 3.22. The summed E-state index contributed by atoms with van der Waals surface area (Å²) >= 11 is 0. The first kappa shape index (κ1) is 12.2. The van der Waals surface area contributed by atoms with Crippen molar-refractivity contribution in [3.05, 3.63) is 35.4 Å². The number of amides is 1. The zero-order valence-electron chi connectivity index (χ0n) is 9.19. The van der Waals surface area contributed by atoms with E-state index in [0.29, 0.717) is 18.7 Å². The van der Waals surface area contributed by atoms with Crippen LogP contribution in [0.3, 0.4) is 0 Å². The van der Waals surface area contributed by atoms with E-state index in [-0.39, 0.29) is 12.5 Å². The van der Waals surface area contributed by atoms with Gasteiger partial charge < -0.3 is 10.1 Å². The summed E-state index contributed by atoms with van der Waals surface area (Å²) in [6.45, 7) is 2.92. The van der Waals surface area contributed by atoms with Crippen LogP contribution in [0, 0.1) is 11.3 Å². The number of nitriles is 1. The lowest BCUT2D eigenvalue weighted by Gasteiger charge is -2.05. The number of ether oxygens (including phenoxy) is 1. The summed E-state index contributed by atoms with van der Waals surface area (Å²) in [5, 5.41) is 11.3. The van der Waals surface area contributed by atoms with Crippen LogP contribution >= 0.6 is 0 Å². The molecule has 0 aliphatic heterocycles. The SMILES string of the molecule is CCOCC(=O)NCc1ccc(C#N)cc1. The molecule has 0 saturated carbocycles. The van der Waals surface area contributed by atoms with Crippen molar-refractivity contribution < 1.29 is 9.53 Å². The fraction of sp³-hybridized carbons (Fsp3) is 0.333. The predicted octanol–water partition coefficient (Wildman–Crippen LogP) is 1.21. The van der Waals surface area contributed by atoms with Crippen LogP contribution in [0.2, 0.25) is 0 Å². The third-order valence-corrected chi connectivity index (χ3v) is 2.01. The van der Waals surface area contributed by atoms with Crippen molar-refractivity contribution in [2.24, 2.45) is 0 Å². The van der Waals surface area contributed by atoms with Gasteiger partial charge in [0.15, 0.2) is 0 Å². The number of hydrogen-bond donors (Lipinski definition) is 1. The molecule has 0 spiro atoms. The maximum Gasteiger partial charge on any atom is 0.246 e. The van der Waals surface area contributed by atoms with Gasteiger partial charge in [0.1, 0.15) is 6.61 Å². The minimum Gasteiger partial charge on any atom is -0.372 e. The number of nitrogens with zero attached hydrogens (tertiary/aromatic N) is 1. The fourth-order valence-corrected chi connectivity index (χ4v) is 1.14. The van der Waals surface area contributed by atoms with E-state index in [2.05, 4.69) is 5.32 Å². The molecular formula is C12H14N2O2. The molecule has 0 aliphatic carbocycles. The lowest BCUT2D eigenvalue weighted by Crippen LogP contribution is -2.27. The van der Waals surface area contributed by atoms with Gasteiger partial charge in [0.05, 0.1) is 11.6 Å². The van der Waals surface area contributed by atoms with E-state index in [1.165, 1.54) is 0 Å². The van der Waals surface area contributed by atoms with E-state index >= 15 is 0 Å². The van der Waals surface area contributed by atoms with Gasteiger partial charge in [-0.2, -0.15) is 5.26 Å². The summed E-state index contributed by atoms with van der Waals surface area (Å²) in [5.74, 6) is -0.133. The Hall–Kier alpha value is -1.86. The Bertz CT molecular complexity index is 379. The van der Waals surface area contributed by atoms with E-state index in [1.54, 1.807) is 12.1 Å². The van der Waals surface area contributed by atoms with Crippen molar-refractivity contribution >= 4 is 5.91 Å². The van der Waals surface area contributed by atoms with Gasteiger partial charge in [-0.3, -0.25) is 4.79 Å². The Morgan fingerprint density at radius 2 is 2.12 bits per heavy atom. The molecule has 1 amide bonds. The molecule has 0 atom stereocenters. The van der Waals surface area contributed by atoms with Crippen molar-refractivity contribution in [2.75, 3.05) is 13.2 Å². The molecule has 0 fully saturated rings. The van der Waals surface area contributed by atoms with Crippen LogP contribution < -0.4 is 5.32 Å². The molecule has 0 bridgehead atoms. The summed E-state index contributed by atoms with van der Waals surface area (Å²) in [7, 11) is 0. The molecule has 1 aromatic rings. The molecule has 0 radical (unpaired) electrons. The first-order chi connectivity index (χ1) is 7.76. The average Bonchev–Trinajstić information content (AvgIpc) is 2.34. The number of carbonyl (C=O) groups excluding carboxylic acids is 1. The van der Waals surface area contributed by atoms with Crippen molar-refractivity contribution in [3.63, 3.8) is 0 Å². The lowest BCUT2D eigenvalue weighted by atomic mass is 10.1. The Morgan fingerprint density at radius 3 is 2.69 bits per heavy atom. The molecule has 1 aromatic carbocycles. The van der Waals surface area contributed by atoms with Gasteiger partial charge in [-0.05, 0) is 24.6 Å². The van der Waals surface area contributed by atoms with E-state index in [4.69, 9.17) is 10.00 Å². The summed E-state index contributed by atoms with van der Waals surface area (Å²) in [6.07, 6.45) is 0. The van der Waals surface area contributed by atoms with Gasteiger partial charge in [-0.15, -0.1) is 0 Å². The van der Waals surface area contributed by atoms with Crippen LogP contribution in [-0.4, -0.2) is 19.1 Å². The van der Waals surface area contributed by atoms with Crippen LogP contribution in [0.1, 0.15) is 18.1 Å². The van der Waals surface area contributed by atoms with Crippen molar-refractivity contribution in [1.29, 1.82) is 5.26 Å². The molecule has 0 saturated heterocycles. The van der Waals surface area contributed by atoms with Crippen molar-refractivity contribution in [2.45, 2.75) is 13.5 Å². The molecule has 84 valence electrons. The minimum atomic E-state index is -0.133. The van der Waals surface area contributed by atoms with E-state index in [1.807, 2.05) is 25.1 Å². The van der Waals surface area contributed by atoms with E-state index in [0.717, 1.165) is 5.56 Å². The zero-order chi connectivity index (χ0) is 11.8. The molecule has 4 nitrogen and oxygen atoms in total. The number of nitrogens with one attached hydrogen (secondary N) is 1. The second kappa shape index (κ2) is 6.59. The Morgan fingerprint density at radius 1 is 1.44 bits per heavy atom. The molecule has 16 heavy (non-hydrogen) atoms. The summed E-state index contributed by atoms with van der Waals surface area (Å²) < 4.78 is 4.97. The van der Waals surface area contributed by atoms with Crippen molar-refractivity contribution in [1.82, 2.24) is 5.32 Å². The minimum absolute atomic E-state index is 0.0901. The standard InChI is InChI=1S/C12H14N2O2/c1-2-16-9-12(15)14-8-11-5-3-10(7-13)4-6-11/h3-6H,2,8-9H2,1H3,(H,14,15). The maximum absolute atomic E-state index is 11.2. The van der Waals surface area contributed by atoms with Crippen LogP contribution in [0.25, 0.3) is 0 Å². The predicted molar refractivity (Wildman–Crippen MR) is 59.5 cm³/mol. The van der Waals surface area contributed by atoms with E-state index < -0.39 is 0 Å². The van der Waals surface area contributed by atoms with Gasteiger partial charge in [-0.1, -0.05) is 12.1 Å². The third kappa shape index (κ3) is 4.11. The highest BCUT2D eigenvalue weighted by Crippen LogP contribution is 2.02. The summed E-state index contributed by atoms with van der Waals surface area (Å²) in [6, 6.07) is 9.13. The normalized spacial score (nSPS) is 9.50. The summed E-state index contributed by atoms with van der Waals surface area (Å²) in [4.78, 5) is 11.2. The first-order valence-electron chi connectivity index (χ1n) is 5.09. The van der Waals surface area contributed by atoms with E-state index in [9.17, 15) is 4.79 Å². The molecule has 1 rings (SSSR count). The number of carbonyl (C=O) groups is 1. The topological polar surface area (TPSA) is 62.1 Å². The highest BCUT2D eigenvalue weighted by Gasteiger charge is 2.00. The largest absolute Gasteiger partial charge is 0.372 e. The molecule has 0 unspecified atom stereocenters. The number of benzene rings is 1. The smallest absolute Gasteiger partial charge is 0.246 e. The highest BCUT2D eigenvalue weighted by atomic mass is 16.5. The van der Waals surface area contributed by atoms with Gasteiger partial charge in [0.2, 0.25) is 5.91 Å². The Kier molecular flexibility index (Phi) is 5.03. The monoisotopic (exact) mass is 218 g/mol. The molecule has 1 N–H and O–H groups in total. The highest BCUT2D eigenvalue weighted by molar-refractivity contribution is 5.77. The van der Waals surface area contributed by atoms with Crippen LogP contribution in [-0.2, 0) is 16.1 Å². The summed E-state index contributed by atoms with van der Waals surface area (Å²) in [5.41, 5.74) is 1.58.